The monoisotopic (exact) mass is 863 g/mol. The van der Waals surface area contributed by atoms with Gasteiger partial charge in [-0.1, -0.05) is 53.1 Å². The fourth-order valence-electron chi connectivity index (χ4n) is 8.95. The van der Waals surface area contributed by atoms with Crippen LogP contribution in [0.4, 0.5) is 11.4 Å². The first-order valence-corrected chi connectivity index (χ1v) is 18.8. The third-order valence-electron chi connectivity index (χ3n) is 11.2. The predicted octanol–water partition coefficient (Wildman–Crippen LogP) is 7.51. The third kappa shape index (κ3) is 5.41. The summed E-state index contributed by atoms with van der Waals surface area (Å²) in [5.74, 6) is -4.94. The van der Waals surface area contributed by atoms with E-state index in [4.69, 9.17) is 32.7 Å². The van der Waals surface area contributed by atoms with Crippen LogP contribution in [0.3, 0.4) is 0 Å². The zero-order valence-corrected chi connectivity index (χ0v) is 32.1. The number of carbonyl (C=O) groups is 4. The number of ether oxygens (including phenoxy) is 2. The van der Waals surface area contributed by atoms with E-state index in [9.17, 15) is 19.5 Å². The Morgan fingerprint density at radius 3 is 2.25 bits per heavy atom. The summed E-state index contributed by atoms with van der Waals surface area (Å²) in [7, 11) is 2.98. The number of hydrazine groups is 1. The summed E-state index contributed by atoms with van der Waals surface area (Å²) >= 11 is 14.9. The first-order valence-electron chi connectivity index (χ1n) is 16.9. The van der Waals surface area contributed by atoms with E-state index in [0.717, 1.165) is 14.2 Å². The first-order chi connectivity index (χ1) is 25.5. The minimum atomic E-state index is -1.56. The van der Waals surface area contributed by atoms with Crippen molar-refractivity contribution in [3.05, 3.63) is 121 Å². The zero-order chi connectivity index (χ0) is 37.3. The number of phenols is 1. The van der Waals surface area contributed by atoms with Gasteiger partial charge >= 0.3 is 0 Å². The number of amides is 4. The van der Waals surface area contributed by atoms with Crippen LogP contribution in [-0.4, -0.2) is 48.0 Å². The van der Waals surface area contributed by atoms with Gasteiger partial charge < -0.3 is 14.6 Å². The molecule has 53 heavy (non-hydrogen) atoms. The molecule has 10 nitrogen and oxygen atoms in total. The number of benzene rings is 4. The van der Waals surface area contributed by atoms with Gasteiger partial charge in [0.2, 0.25) is 11.8 Å². The zero-order valence-electron chi connectivity index (χ0n) is 28.4. The lowest BCUT2D eigenvalue weighted by molar-refractivity contribution is -0.138. The number of anilines is 2. The topological polar surface area (TPSA) is 125 Å². The van der Waals surface area contributed by atoms with Gasteiger partial charge in [0.25, 0.3) is 11.8 Å². The van der Waals surface area contributed by atoms with Crippen molar-refractivity contribution >= 4 is 80.8 Å². The second-order valence-corrected chi connectivity index (χ2v) is 15.7. The molecule has 0 spiro atoms. The molecule has 3 fully saturated rings. The van der Waals surface area contributed by atoms with E-state index < -0.39 is 46.8 Å². The van der Waals surface area contributed by atoms with Crippen LogP contribution in [0.1, 0.15) is 29.9 Å². The van der Waals surface area contributed by atoms with E-state index in [2.05, 4.69) is 28.0 Å². The molecule has 6 atom stereocenters. The molecule has 4 aliphatic rings. The largest absolute Gasteiger partial charge is 0.504 e. The Hall–Kier alpha value is -4.59. The summed E-state index contributed by atoms with van der Waals surface area (Å²) in [5.41, 5.74) is 4.04. The quantitative estimate of drug-likeness (QED) is 0.111. The van der Waals surface area contributed by atoms with Gasteiger partial charge in [0.1, 0.15) is 5.75 Å². The first kappa shape index (κ1) is 35.4. The minimum absolute atomic E-state index is 0.105. The Balaban J connectivity index is 1.33. The summed E-state index contributed by atoms with van der Waals surface area (Å²) in [6.45, 7) is 0. The van der Waals surface area contributed by atoms with Crippen LogP contribution >= 0.6 is 45.8 Å². The van der Waals surface area contributed by atoms with E-state index in [1.165, 1.54) is 18.1 Å². The number of phenolic OH excluding ortho intramolecular Hbond substituents is 1. The summed E-state index contributed by atoms with van der Waals surface area (Å²) in [5, 5.41) is 12.7. The van der Waals surface area contributed by atoms with Crippen molar-refractivity contribution in [2.24, 2.45) is 23.7 Å². The van der Waals surface area contributed by atoms with Gasteiger partial charge in [-0.05, 0) is 119 Å². The van der Waals surface area contributed by atoms with E-state index in [1.807, 2.05) is 18.2 Å². The number of fused-ring (bicyclic) bond motifs is 4. The Bertz CT molecular complexity index is 2230. The fourth-order valence-corrected chi connectivity index (χ4v) is 9.76. The molecular weight excluding hydrogens is 832 g/mol. The maximum Gasteiger partial charge on any atom is 0.260 e. The van der Waals surface area contributed by atoms with Crippen LogP contribution < -0.4 is 19.8 Å². The van der Waals surface area contributed by atoms with Crippen LogP contribution in [0.15, 0.2) is 96.6 Å². The molecule has 8 rings (SSSR count). The summed E-state index contributed by atoms with van der Waals surface area (Å²) in [6, 6.07) is 23.9. The van der Waals surface area contributed by atoms with Crippen molar-refractivity contribution in [2.75, 3.05) is 24.5 Å². The molecule has 13 heteroatoms. The lowest BCUT2D eigenvalue weighted by Gasteiger charge is -2.50. The molecule has 0 aromatic heterocycles. The van der Waals surface area contributed by atoms with Gasteiger partial charge in [-0.25, -0.2) is 0 Å². The molecule has 0 radical (unpaired) electrons. The van der Waals surface area contributed by atoms with Crippen molar-refractivity contribution in [1.82, 2.24) is 5.01 Å². The Labute approximate surface area is 328 Å². The second kappa shape index (κ2) is 13.4. The number of methoxy groups -OCH3 is 2. The lowest BCUT2D eigenvalue weighted by atomic mass is 9.49. The molecular formula is C40H32Cl2IN3O7. The van der Waals surface area contributed by atoms with Gasteiger partial charge in [-0.15, -0.1) is 0 Å². The van der Waals surface area contributed by atoms with Crippen molar-refractivity contribution in [1.29, 1.82) is 0 Å². The number of hydrogen-bond acceptors (Lipinski definition) is 8. The number of allylic oxidation sites excluding steroid dienone is 2. The maximum absolute atomic E-state index is 15.4. The van der Waals surface area contributed by atoms with Crippen molar-refractivity contribution in [2.45, 2.75) is 24.2 Å². The number of hydrogen-bond donors (Lipinski definition) is 2. The van der Waals surface area contributed by atoms with Crippen LogP contribution in [0.5, 0.6) is 17.2 Å². The molecule has 0 bridgehead atoms. The summed E-state index contributed by atoms with van der Waals surface area (Å²) < 4.78 is 11.8. The standard InChI is InChI=1S/C40H32Cl2IN3O7/c1-52-25-11-4-21(5-12-25)40-29(37(49)46(39(40)51)44-31-15-6-22(41)18-30(31)42)19-28-26(35(40)20-3-16-33(53-2)32(47)17-20)13-14-27-34(28)38(50)45(36(27)48)24-9-7-23(43)8-10-24/h3-13,15-18,27-29,34-35,44,47H,14,19H2,1-2H3/t27-,28+,29-,34-,35-,40+/m0/s1. The summed E-state index contributed by atoms with van der Waals surface area (Å²) in [4.78, 5) is 60.1. The van der Waals surface area contributed by atoms with Crippen LogP contribution in [0.25, 0.3) is 0 Å². The fraction of sp³-hybridized carbons (Fsp3) is 0.250. The molecule has 2 saturated heterocycles. The average Bonchev–Trinajstić information content (AvgIpc) is 3.53. The van der Waals surface area contributed by atoms with Crippen LogP contribution in [-0.2, 0) is 24.6 Å². The van der Waals surface area contributed by atoms with E-state index in [1.54, 1.807) is 73.8 Å². The predicted molar refractivity (Wildman–Crippen MR) is 207 cm³/mol. The van der Waals surface area contributed by atoms with E-state index in [0.29, 0.717) is 33.3 Å². The molecule has 4 aromatic rings. The van der Waals surface area contributed by atoms with Gasteiger partial charge in [0, 0.05) is 14.5 Å². The molecule has 2 heterocycles. The van der Waals surface area contributed by atoms with Crippen molar-refractivity contribution < 1.29 is 33.8 Å². The van der Waals surface area contributed by atoms with Crippen molar-refractivity contribution in [3.63, 3.8) is 0 Å². The molecule has 4 aromatic carbocycles. The molecule has 1 saturated carbocycles. The van der Waals surface area contributed by atoms with Crippen molar-refractivity contribution in [3.8, 4) is 17.2 Å². The SMILES string of the molecule is COc1ccc([C@@]23C(=O)N(Nc4ccc(Cl)cc4Cl)C(=O)[C@@H]2C[C@@H]2C(=CC[C@@H]4C(=O)N(c5ccc(I)cc5)C(=O)[C@@H]42)[C@@H]3c2ccc(OC)c(O)c2)cc1. The smallest absolute Gasteiger partial charge is 0.260 e. The normalized spacial score (nSPS) is 26.2. The van der Waals surface area contributed by atoms with Crippen LogP contribution in [0, 0.1) is 27.2 Å². The average molecular weight is 865 g/mol. The number of nitrogens with zero attached hydrogens (tertiary/aromatic N) is 2. The Morgan fingerprint density at radius 1 is 0.849 bits per heavy atom. The molecule has 2 aliphatic heterocycles. The van der Waals surface area contributed by atoms with Crippen LogP contribution in [0.2, 0.25) is 10.0 Å². The molecule has 2 N–H and O–H groups in total. The molecule has 270 valence electrons. The third-order valence-corrected chi connectivity index (χ3v) is 12.5. The number of aromatic hydroxyl groups is 1. The van der Waals surface area contributed by atoms with E-state index >= 15 is 4.79 Å². The highest BCUT2D eigenvalue weighted by molar-refractivity contribution is 14.1. The number of halogens is 3. The molecule has 0 unspecified atom stereocenters. The minimum Gasteiger partial charge on any atom is -0.504 e. The van der Waals surface area contributed by atoms with Gasteiger partial charge in [-0.3, -0.25) is 29.5 Å². The summed E-state index contributed by atoms with van der Waals surface area (Å²) in [6.07, 6.45) is 2.33. The number of carbonyl (C=O) groups excluding carboxylic acids is 4. The van der Waals surface area contributed by atoms with Gasteiger partial charge in [-0.2, -0.15) is 5.01 Å². The van der Waals surface area contributed by atoms with Gasteiger partial charge in [0.05, 0.1) is 53.8 Å². The molecule has 4 amide bonds. The number of imide groups is 2. The molecule has 2 aliphatic carbocycles. The lowest BCUT2D eigenvalue weighted by Crippen LogP contribution is -2.53. The second-order valence-electron chi connectivity index (χ2n) is 13.6. The highest BCUT2D eigenvalue weighted by Gasteiger charge is 2.70. The maximum atomic E-state index is 15.4. The highest BCUT2D eigenvalue weighted by Crippen LogP contribution is 2.64. The Kier molecular flexibility index (Phi) is 8.94. The highest BCUT2D eigenvalue weighted by atomic mass is 127. The number of rotatable bonds is 7. The number of nitrogens with one attached hydrogen (secondary N) is 1. The van der Waals surface area contributed by atoms with E-state index in [-0.39, 0.29) is 41.2 Å². The van der Waals surface area contributed by atoms with Gasteiger partial charge in [0.15, 0.2) is 11.5 Å². The Morgan fingerprint density at radius 2 is 1.58 bits per heavy atom.